The van der Waals surface area contributed by atoms with E-state index in [0.29, 0.717) is 55.6 Å². The minimum Gasteiger partial charge on any atom is -0.494 e. The first-order chi connectivity index (χ1) is 13.3. The van der Waals surface area contributed by atoms with Crippen LogP contribution in [0.4, 0.5) is 5.69 Å². The molecule has 1 amide bonds. The number of carbonyl (C=O) groups excluding carboxylic acids is 1. The predicted octanol–water partition coefficient (Wildman–Crippen LogP) is 2.30. The molecule has 0 aliphatic carbocycles. The van der Waals surface area contributed by atoms with Crippen molar-refractivity contribution in [1.29, 1.82) is 0 Å². The fourth-order valence-corrected chi connectivity index (χ4v) is 5.07. The first-order valence-electron chi connectivity index (χ1n) is 9.16. The van der Waals surface area contributed by atoms with Crippen LogP contribution >= 0.6 is 0 Å². The van der Waals surface area contributed by atoms with Crippen molar-refractivity contribution in [3.05, 3.63) is 41.2 Å². The van der Waals surface area contributed by atoms with Crippen molar-refractivity contribution in [3.63, 3.8) is 0 Å². The molecular weight excluding hydrogens is 382 g/mol. The Bertz CT molecular complexity index is 945. The first kappa shape index (κ1) is 20.4. The Morgan fingerprint density at radius 1 is 1.21 bits per heavy atom. The molecule has 2 aromatic rings. The SMILES string of the molecule is CCOc1ccc(NC(=O)c2[nH]c(C)c(S(=O)(=O)N3CCOCC3)c2C)cc1. The van der Waals surface area contributed by atoms with Crippen LogP contribution in [0.3, 0.4) is 0 Å². The number of rotatable bonds is 6. The lowest BCUT2D eigenvalue weighted by atomic mass is 10.2. The van der Waals surface area contributed by atoms with E-state index >= 15 is 0 Å². The summed E-state index contributed by atoms with van der Waals surface area (Å²) in [5.41, 5.74) is 1.68. The van der Waals surface area contributed by atoms with Crippen LogP contribution in [-0.2, 0) is 14.8 Å². The molecule has 0 unspecified atom stereocenters. The van der Waals surface area contributed by atoms with Gasteiger partial charge in [-0.3, -0.25) is 4.79 Å². The molecule has 0 atom stereocenters. The summed E-state index contributed by atoms with van der Waals surface area (Å²) in [6.07, 6.45) is 0. The first-order valence-corrected chi connectivity index (χ1v) is 10.6. The van der Waals surface area contributed by atoms with E-state index in [0.717, 1.165) is 0 Å². The summed E-state index contributed by atoms with van der Waals surface area (Å²) in [6.45, 7) is 7.11. The lowest BCUT2D eigenvalue weighted by molar-refractivity contribution is 0.0730. The van der Waals surface area contributed by atoms with Crippen LogP contribution in [-0.4, -0.2) is 56.5 Å². The van der Waals surface area contributed by atoms with Gasteiger partial charge in [0.1, 0.15) is 16.3 Å². The van der Waals surface area contributed by atoms with Crippen molar-refractivity contribution in [2.45, 2.75) is 25.7 Å². The average Bonchev–Trinajstić information content (AvgIpc) is 2.99. The number of nitrogens with zero attached hydrogens (tertiary/aromatic N) is 1. The summed E-state index contributed by atoms with van der Waals surface area (Å²) >= 11 is 0. The zero-order chi connectivity index (χ0) is 20.3. The molecular formula is C19H25N3O5S. The molecule has 2 N–H and O–H groups in total. The highest BCUT2D eigenvalue weighted by atomic mass is 32.2. The number of nitrogens with one attached hydrogen (secondary N) is 2. The van der Waals surface area contributed by atoms with Gasteiger partial charge >= 0.3 is 0 Å². The van der Waals surface area contributed by atoms with Gasteiger partial charge in [0.05, 0.1) is 19.8 Å². The van der Waals surface area contributed by atoms with Gasteiger partial charge in [-0.25, -0.2) is 8.42 Å². The number of benzene rings is 1. The van der Waals surface area contributed by atoms with Crippen LogP contribution in [0.1, 0.15) is 28.7 Å². The highest BCUT2D eigenvalue weighted by Crippen LogP contribution is 2.27. The van der Waals surface area contributed by atoms with E-state index in [4.69, 9.17) is 9.47 Å². The van der Waals surface area contributed by atoms with Gasteiger partial charge < -0.3 is 19.8 Å². The summed E-state index contributed by atoms with van der Waals surface area (Å²) in [5.74, 6) is 0.319. The Morgan fingerprint density at radius 3 is 2.46 bits per heavy atom. The molecule has 152 valence electrons. The van der Waals surface area contributed by atoms with Gasteiger partial charge in [0.25, 0.3) is 5.91 Å². The van der Waals surface area contributed by atoms with Gasteiger partial charge in [-0.2, -0.15) is 4.31 Å². The molecule has 28 heavy (non-hydrogen) atoms. The minimum absolute atomic E-state index is 0.159. The summed E-state index contributed by atoms with van der Waals surface area (Å²) in [7, 11) is -3.70. The summed E-state index contributed by atoms with van der Waals surface area (Å²) in [6, 6.07) is 7.00. The molecule has 0 saturated carbocycles. The molecule has 8 nitrogen and oxygen atoms in total. The second-order valence-electron chi connectivity index (χ2n) is 6.51. The van der Waals surface area contributed by atoms with E-state index in [1.807, 2.05) is 6.92 Å². The number of sulfonamides is 1. The second kappa shape index (κ2) is 8.34. The molecule has 2 heterocycles. The number of aromatic amines is 1. The maximum Gasteiger partial charge on any atom is 0.272 e. The Hall–Kier alpha value is -2.36. The van der Waals surface area contributed by atoms with Crippen molar-refractivity contribution >= 4 is 21.6 Å². The van der Waals surface area contributed by atoms with Crippen LogP contribution in [0.5, 0.6) is 5.75 Å². The number of morpholine rings is 1. The van der Waals surface area contributed by atoms with Gasteiger partial charge in [0.2, 0.25) is 10.0 Å². The number of aryl methyl sites for hydroxylation is 1. The third kappa shape index (κ3) is 4.06. The monoisotopic (exact) mass is 407 g/mol. The highest BCUT2D eigenvalue weighted by Gasteiger charge is 2.32. The molecule has 3 rings (SSSR count). The quantitative estimate of drug-likeness (QED) is 0.765. The number of anilines is 1. The minimum atomic E-state index is -3.70. The largest absolute Gasteiger partial charge is 0.494 e. The summed E-state index contributed by atoms with van der Waals surface area (Å²) < 4.78 is 38.1. The van der Waals surface area contributed by atoms with E-state index in [1.165, 1.54) is 4.31 Å². The molecule has 0 radical (unpaired) electrons. The summed E-state index contributed by atoms with van der Waals surface area (Å²) in [4.78, 5) is 15.8. The van der Waals surface area contributed by atoms with E-state index in [9.17, 15) is 13.2 Å². The number of amides is 1. The zero-order valence-corrected chi connectivity index (χ0v) is 17.1. The number of ether oxygens (including phenoxy) is 2. The van der Waals surface area contributed by atoms with Crippen LogP contribution in [0, 0.1) is 13.8 Å². The fourth-order valence-electron chi connectivity index (χ4n) is 3.26. The molecule has 1 aromatic heterocycles. The van der Waals surface area contributed by atoms with Gasteiger partial charge in [0, 0.05) is 24.5 Å². The van der Waals surface area contributed by atoms with E-state index in [1.54, 1.807) is 38.1 Å². The molecule has 1 aliphatic heterocycles. The third-order valence-electron chi connectivity index (χ3n) is 4.59. The Labute approximate surface area is 164 Å². The molecule has 0 bridgehead atoms. The van der Waals surface area contributed by atoms with Crippen LogP contribution < -0.4 is 10.1 Å². The lowest BCUT2D eigenvalue weighted by Gasteiger charge is -2.26. The van der Waals surface area contributed by atoms with Crippen LogP contribution in [0.25, 0.3) is 0 Å². The number of hydrogen-bond donors (Lipinski definition) is 2. The normalized spacial score (nSPS) is 15.4. The lowest BCUT2D eigenvalue weighted by Crippen LogP contribution is -2.40. The van der Waals surface area contributed by atoms with Gasteiger partial charge in [-0.15, -0.1) is 0 Å². The van der Waals surface area contributed by atoms with Crippen LogP contribution in [0.2, 0.25) is 0 Å². The molecule has 9 heteroatoms. The van der Waals surface area contributed by atoms with Crippen molar-refractivity contribution in [3.8, 4) is 5.75 Å². The maximum atomic E-state index is 13.0. The zero-order valence-electron chi connectivity index (χ0n) is 16.2. The van der Waals surface area contributed by atoms with Gasteiger partial charge in [-0.05, 0) is 50.6 Å². The average molecular weight is 407 g/mol. The van der Waals surface area contributed by atoms with Gasteiger partial charge in [0.15, 0.2) is 0 Å². The molecule has 1 aromatic carbocycles. The van der Waals surface area contributed by atoms with Crippen LogP contribution in [0.15, 0.2) is 29.2 Å². The number of carbonyl (C=O) groups is 1. The smallest absolute Gasteiger partial charge is 0.272 e. The van der Waals surface area contributed by atoms with E-state index in [-0.39, 0.29) is 10.6 Å². The second-order valence-corrected chi connectivity index (χ2v) is 8.38. The molecule has 0 spiro atoms. The Morgan fingerprint density at radius 2 is 1.86 bits per heavy atom. The van der Waals surface area contributed by atoms with Crippen molar-refractivity contribution < 1.29 is 22.7 Å². The fraction of sp³-hybridized carbons (Fsp3) is 0.421. The third-order valence-corrected chi connectivity index (χ3v) is 6.76. The van der Waals surface area contributed by atoms with Gasteiger partial charge in [-0.1, -0.05) is 0 Å². The maximum absolute atomic E-state index is 13.0. The Balaban J connectivity index is 1.83. The van der Waals surface area contributed by atoms with E-state index in [2.05, 4.69) is 10.3 Å². The number of H-pyrrole nitrogens is 1. The standard InChI is InChI=1S/C19H25N3O5S/c1-4-27-16-7-5-15(6-8-16)21-19(23)17-13(2)18(14(3)20-17)28(24,25)22-9-11-26-12-10-22/h5-8,20H,4,9-12H2,1-3H3,(H,21,23). The van der Waals surface area contributed by atoms with Crippen molar-refractivity contribution in [2.75, 3.05) is 38.2 Å². The Kier molecular flexibility index (Phi) is 6.07. The summed E-state index contributed by atoms with van der Waals surface area (Å²) in [5, 5.41) is 2.79. The predicted molar refractivity (Wildman–Crippen MR) is 105 cm³/mol. The van der Waals surface area contributed by atoms with E-state index < -0.39 is 15.9 Å². The topological polar surface area (TPSA) is 101 Å². The molecule has 1 aliphatic rings. The van der Waals surface area contributed by atoms with Crippen molar-refractivity contribution in [1.82, 2.24) is 9.29 Å². The number of aromatic nitrogens is 1. The molecule has 1 fully saturated rings. The molecule has 1 saturated heterocycles. The van der Waals surface area contributed by atoms with Crippen molar-refractivity contribution in [2.24, 2.45) is 0 Å². The highest BCUT2D eigenvalue weighted by molar-refractivity contribution is 7.89. The number of hydrogen-bond acceptors (Lipinski definition) is 5.